The number of nitrogens with zero attached hydrogens (tertiary/aromatic N) is 3. The van der Waals surface area contributed by atoms with Gasteiger partial charge in [-0.05, 0) is 46.1 Å². The molecule has 6 nitrogen and oxygen atoms in total. The molecule has 2 aliphatic rings. The maximum absolute atomic E-state index is 12.6. The first kappa shape index (κ1) is 15.1. The Hall–Kier alpha value is -1.85. The van der Waals surface area contributed by atoms with E-state index >= 15 is 0 Å². The van der Waals surface area contributed by atoms with Crippen LogP contribution in [-0.2, 0) is 10.3 Å². The van der Waals surface area contributed by atoms with Crippen LogP contribution in [-0.4, -0.2) is 39.6 Å². The van der Waals surface area contributed by atoms with Crippen LogP contribution in [0.4, 0.5) is 0 Å². The third kappa shape index (κ3) is 2.74. The van der Waals surface area contributed by atoms with Crippen molar-refractivity contribution in [2.75, 3.05) is 13.1 Å². The summed E-state index contributed by atoms with van der Waals surface area (Å²) < 4.78 is 1.99. The van der Waals surface area contributed by atoms with Gasteiger partial charge in [-0.15, -0.1) is 0 Å². The fourth-order valence-corrected chi connectivity index (χ4v) is 3.05. The van der Waals surface area contributed by atoms with Crippen LogP contribution < -0.4 is 5.73 Å². The van der Waals surface area contributed by atoms with E-state index < -0.39 is 0 Å². The van der Waals surface area contributed by atoms with Crippen LogP contribution >= 0.6 is 0 Å². The number of hydrogen-bond acceptors (Lipinski definition) is 3. The van der Waals surface area contributed by atoms with Gasteiger partial charge in [0.1, 0.15) is 0 Å². The molecule has 1 atom stereocenters. The van der Waals surface area contributed by atoms with Crippen molar-refractivity contribution < 1.29 is 9.59 Å². The van der Waals surface area contributed by atoms with Gasteiger partial charge in [0.05, 0.1) is 11.5 Å². The quantitative estimate of drug-likeness (QED) is 0.918. The minimum absolute atomic E-state index is 0.0892. The molecule has 2 heterocycles. The molecule has 0 spiro atoms. The molecule has 1 aromatic rings. The molecule has 3 rings (SSSR count). The van der Waals surface area contributed by atoms with Gasteiger partial charge in [-0.3, -0.25) is 14.3 Å². The molecule has 2 N–H and O–H groups in total. The lowest BCUT2D eigenvalue weighted by molar-refractivity contribution is -0.121. The van der Waals surface area contributed by atoms with E-state index in [2.05, 4.69) is 25.9 Å². The molecule has 1 aromatic heterocycles. The Balaban J connectivity index is 1.83. The molecule has 22 heavy (non-hydrogen) atoms. The van der Waals surface area contributed by atoms with E-state index in [4.69, 9.17) is 5.73 Å². The van der Waals surface area contributed by atoms with Crippen LogP contribution in [0.2, 0.25) is 0 Å². The van der Waals surface area contributed by atoms with E-state index in [0.29, 0.717) is 31.1 Å². The van der Waals surface area contributed by atoms with E-state index in [0.717, 1.165) is 5.69 Å². The number of nitrogens with two attached hydrogens (primary N) is 1. The van der Waals surface area contributed by atoms with Crippen molar-refractivity contribution in [3.63, 3.8) is 0 Å². The van der Waals surface area contributed by atoms with Gasteiger partial charge < -0.3 is 10.6 Å². The monoisotopic (exact) mass is 304 g/mol. The van der Waals surface area contributed by atoms with E-state index in [1.54, 1.807) is 4.90 Å². The average Bonchev–Trinajstić information content (AvgIpc) is 3.00. The lowest BCUT2D eigenvalue weighted by Gasteiger charge is -2.22. The second kappa shape index (κ2) is 5.11. The molecule has 0 unspecified atom stereocenters. The maximum atomic E-state index is 12.6. The van der Waals surface area contributed by atoms with Crippen molar-refractivity contribution in [1.29, 1.82) is 0 Å². The zero-order valence-electron chi connectivity index (χ0n) is 13.5. The number of aromatic nitrogens is 2. The molecule has 120 valence electrons. The summed E-state index contributed by atoms with van der Waals surface area (Å²) >= 11 is 0. The SMILES string of the molecule is CC(C)(C)n1nc(C(=O)N2CC[C@H](C(N)=O)C2)cc1C1CC1. The van der Waals surface area contributed by atoms with Gasteiger partial charge in [-0.1, -0.05) is 0 Å². The molecule has 0 bridgehead atoms. The summed E-state index contributed by atoms with van der Waals surface area (Å²) in [5.74, 6) is -0.107. The standard InChI is InChI=1S/C16H24N4O2/c1-16(2,3)20-13(10-4-5-10)8-12(18-20)15(22)19-7-6-11(9-19)14(17)21/h8,10-11H,4-7,9H2,1-3H3,(H2,17,21)/t11-/m0/s1. The Kier molecular flexibility index (Phi) is 3.50. The summed E-state index contributed by atoms with van der Waals surface area (Å²) in [6.45, 7) is 7.28. The van der Waals surface area contributed by atoms with Gasteiger partial charge in [-0.2, -0.15) is 5.10 Å². The number of amides is 2. The maximum Gasteiger partial charge on any atom is 0.274 e. The van der Waals surface area contributed by atoms with Crippen molar-refractivity contribution in [2.45, 2.75) is 51.5 Å². The van der Waals surface area contributed by atoms with Crippen LogP contribution in [0.15, 0.2) is 6.07 Å². The zero-order chi connectivity index (χ0) is 16.1. The summed E-state index contributed by atoms with van der Waals surface area (Å²) in [5, 5.41) is 4.57. The van der Waals surface area contributed by atoms with Crippen LogP contribution in [0.25, 0.3) is 0 Å². The number of carbonyl (C=O) groups is 2. The number of rotatable bonds is 3. The molecule has 2 fully saturated rings. The summed E-state index contributed by atoms with van der Waals surface area (Å²) in [6, 6.07) is 1.93. The summed E-state index contributed by atoms with van der Waals surface area (Å²) in [5.41, 5.74) is 6.84. The molecule has 1 saturated heterocycles. The van der Waals surface area contributed by atoms with E-state index in [9.17, 15) is 9.59 Å². The van der Waals surface area contributed by atoms with Crippen molar-refractivity contribution in [1.82, 2.24) is 14.7 Å². The van der Waals surface area contributed by atoms with Crippen LogP contribution in [0.1, 0.15) is 62.1 Å². The van der Waals surface area contributed by atoms with Gasteiger partial charge in [0.25, 0.3) is 5.91 Å². The molecule has 1 aliphatic heterocycles. The summed E-state index contributed by atoms with van der Waals surface area (Å²) in [6.07, 6.45) is 2.99. The molecule has 1 aliphatic carbocycles. The Labute approximate surface area is 130 Å². The minimum atomic E-state index is -0.325. The fraction of sp³-hybridized carbons (Fsp3) is 0.688. The highest BCUT2D eigenvalue weighted by atomic mass is 16.2. The predicted octanol–water partition coefficient (Wildman–Crippen LogP) is 1.46. The molecular formula is C16H24N4O2. The highest BCUT2D eigenvalue weighted by molar-refractivity contribution is 5.93. The van der Waals surface area contributed by atoms with Gasteiger partial charge in [-0.25, -0.2) is 0 Å². The first-order valence-corrected chi connectivity index (χ1v) is 7.96. The molecule has 0 aromatic carbocycles. The highest BCUT2D eigenvalue weighted by Crippen LogP contribution is 2.41. The van der Waals surface area contributed by atoms with E-state index in [1.807, 2.05) is 10.7 Å². The number of hydrogen-bond donors (Lipinski definition) is 1. The van der Waals surface area contributed by atoms with Gasteiger partial charge in [0.2, 0.25) is 5.91 Å². The molecule has 2 amide bonds. The Bertz CT molecular complexity index is 610. The van der Waals surface area contributed by atoms with Gasteiger partial charge >= 0.3 is 0 Å². The number of carbonyl (C=O) groups excluding carboxylic acids is 2. The third-order valence-corrected chi connectivity index (χ3v) is 4.46. The topological polar surface area (TPSA) is 81.2 Å². The summed E-state index contributed by atoms with van der Waals surface area (Å²) in [7, 11) is 0. The highest BCUT2D eigenvalue weighted by Gasteiger charge is 2.35. The molecule has 6 heteroatoms. The first-order chi connectivity index (χ1) is 10.3. The van der Waals surface area contributed by atoms with Crippen molar-refractivity contribution in [3.05, 3.63) is 17.5 Å². The average molecular weight is 304 g/mol. The molecular weight excluding hydrogens is 280 g/mol. The van der Waals surface area contributed by atoms with Crippen molar-refractivity contribution in [2.24, 2.45) is 11.7 Å². The second-order valence-corrected chi connectivity index (χ2v) is 7.45. The zero-order valence-corrected chi connectivity index (χ0v) is 13.5. The van der Waals surface area contributed by atoms with Crippen LogP contribution in [0, 0.1) is 5.92 Å². The smallest absolute Gasteiger partial charge is 0.274 e. The normalized spacial score (nSPS) is 22.1. The fourth-order valence-electron chi connectivity index (χ4n) is 3.05. The summed E-state index contributed by atoms with van der Waals surface area (Å²) in [4.78, 5) is 25.6. The molecule has 0 radical (unpaired) electrons. The van der Waals surface area contributed by atoms with Crippen molar-refractivity contribution >= 4 is 11.8 Å². The predicted molar refractivity (Wildman–Crippen MR) is 82.4 cm³/mol. The lowest BCUT2D eigenvalue weighted by atomic mass is 10.1. The third-order valence-electron chi connectivity index (χ3n) is 4.46. The van der Waals surface area contributed by atoms with Crippen LogP contribution in [0.5, 0.6) is 0 Å². The van der Waals surface area contributed by atoms with Crippen LogP contribution in [0.3, 0.4) is 0 Å². The van der Waals surface area contributed by atoms with E-state index in [-0.39, 0.29) is 23.3 Å². The van der Waals surface area contributed by atoms with E-state index in [1.165, 1.54) is 12.8 Å². The minimum Gasteiger partial charge on any atom is -0.369 e. The second-order valence-electron chi connectivity index (χ2n) is 7.45. The Morgan fingerprint density at radius 2 is 1.95 bits per heavy atom. The largest absolute Gasteiger partial charge is 0.369 e. The number of likely N-dealkylation sites (tertiary alicyclic amines) is 1. The van der Waals surface area contributed by atoms with Gasteiger partial charge in [0.15, 0.2) is 5.69 Å². The first-order valence-electron chi connectivity index (χ1n) is 7.96. The number of primary amides is 1. The van der Waals surface area contributed by atoms with Crippen molar-refractivity contribution in [3.8, 4) is 0 Å². The Morgan fingerprint density at radius 1 is 1.27 bits per heavy atom. The lowest BCUT2D eigenvalue weighted by Crippen LogP contribution is -2.32. The molecule has 1 saturated carbocycles. The van der Waals surface area contributed by atoms with Gasteiger partial charge in [0, 0.05) is 24.7 Å². The Morgan fingerprint density at radius 3 is 2.45 bits per heavy atom.